The summed E-state index contributed by atoms with van der Waals surface area (Å²) in [6.45, 7) is 6.32. The van der Waals surface area contributed by atoms with Crippen molar-refractivity contribution in [2.24, 2.45) is 5.41 Å². The minimum absolute atomic E-state index is 0.0184. The van der Waals surface area contributed by atoms with Crippen LogP contribution in [0.5, 0.6) is 0 Å². The van der Waals surface area contributed by atoms with Crippen LogP contribution in [0.4, 0.5) is 27.5 Å². The fraction of sp³-hybridized carbons (Fsp3) is 0.520. The zero-order valence-electron chi connectivity index (χ0n) is 20.9. The first-order valence-electron chi connectivity index (χ1n) is 12.3. The van der Waals surface area contributed by atoms with Crippen molar-refractivity contribution in [1.29, 1.82) is 0 Å². The Morgan fingerprint density at radius 1 is 1.28 bits per heavy atom. The first-order valence-corrected chi connectivity index (χ1v) is 12.6. The normalized spacial score (nSPS) is 21.1. The van der Waals surface area contributed by atoms with Gasteiger partial charge in [-0.25, -0.2) is 9.37 Å². The number of carbonyl (C=O) groups excluding carboxylic acids is 2. The van der Waals surface area contributed by atoms with Crippen molar-refractivity contribution in [1.82, 2.24) is 20.2 Å². The van der Waals surface area contributed by atoms with Crippen LogP contribution in [0.15, 0.2) is 18.3 Å². The van der Waals surface area contributed by atoms with E-state index in [1.807, 2.05) is 7.05 Å². The molecule has 5 rings (SSSR count). The van der Waals surface area contributed by atoms with Gasteiger partial charge in [-0.3, -0.25) is 9.59 Å². The lowest BCUT2D eigenvalue weighted by Crippen LogP contribution is -2.40. The van der Waals surface area contributed by atoms with Gasteiger partial charge in [-0.2, -0.15) is 4.98 Å². The first kappa shape index (κ1) is 24.7. The summed E-state index contributed by atoms with van der Waals surface area (Å²) in [5, 5.41) is 6.04. The van der Waals surface area contributed by atoms with Gasteiger partial charge in [0.1, 0.15) is 11.5 Å². The van der Waals surface area contributed by atoms with Gasteiger partial charge < -0.3 is 25.3 Å². The third kappa shape index (κ3) is 4.48. The maximum absolute atomic E-state index is 15.0. The van der Waals surface area contributed by atoms with Crippen LogP contribution in [0, 0.1) is 11.2 Å². The number of halogens is 2. The highest BCUT2D eigenvalue weighted by Gasteiger charge is 2.54. The summed E-state index contributed by atoms with van der Waals surface area (Å²) in [6.07, 6.45) is 4.14. The number of hydrogen-bond acceptors (Lipinski definition) is 7. The number of fused-ring (bicyclic) bond motifs is 1. The average molecular weight is 516 g/mol. The molecule has 1 saturated carbocycles. The molecule has 11 heteroatoms. The van der Waals surface area contributed by atoms with Crippen molar-refractivity contribution in [2.75, 3.05) is 48.8 Å². The summed E-state index contributed by atoms with van der Waals surface area (Å²) < 4.78 is 15.0. The van der Waals surface area contributed by atoms with E-state index in [-0.39, 0.29) is 45.6 Å². The standard InChI is InChI=1S/C25H31ClFN7O2/c1-14(2)34-13-25(6-7-25)23(36)33(4)20-11-28-24(31-21(20)34)30-19-10-18(27)16(9-17(19)26)22(35)29-15-5-8-32(3)12-15/h9-11,14-15H,5-8,12-13H2,1-4H3,(H,29,35)(H,28,30,31). The second-order valence-corrected chi connectivity index (χ2v) is 10.8. The SMILES string of the molecule is CC(C)N1CC2(CC2)C(=O)N(C)c2cnc(Nc3cc(F)c(C(=O)NC4CCN(C)C4)cc3Cl)nc21. The fourth-order valence-electron chi connectivity index (χ4n) is 5.01. The molecule has 2 N–H and O–H groups in total. The Morgan fingerprint density at radius 2 is 2.03 bits per heavy atom. The molecule has 1 aromatic heterocycles. The number of nitrogens with zero attached hydrogens (tertiary/aromatic N) is 5. The van der Waals surface area contributed by atoms with Crippen LogP contribution in [0.3, 0.4) is 0 Å². The van der Waals surface area contributed by atoms with Crippen LogP contribution >= 0.6 is 11.6 Å². The molecule has 2 aliphatic heterocycles. The van der Waals surface area contributed by atoms with Crippen LogP contribution in [-0.4, -0.2) is 72.5 Å². The number of amides is 2. The monoisotopic (exact) mass is 515 g/mol. The summed E-state index contributed by atoms with van der Waals surface area (Å²) in [6, 6.07) is 2.60. The zero-order chi connectivity index (χ0) is 25.8. The maximum Gasteiger partial charge on any atom is 0.254 e. The van der Waals surface area contributed by atoms with Gasteiger partial charge in [0, 0.05) is 32.2 Å². The highest BCUT2D eigenvalue weighted by atomic mass is 35.5. The molecule has 2 fully saturated rings. The number of rotatable bonds is 5. The molecule has 192 valence electrons. The Kier molecular flexibility index (Phi) is 6.28. The van der Waals surface area contributed by atoms with Gasteiger partial charge in [0.05, 0.1) is 27.9 Å². The molecular formula is C25H31ClFN7O2. The fourth-order valence-corrected chi connectivity index (χ4v) is 5.22. The van der Waals surface area contributed by atoms with Crippen molar-refractivity contribution < 1.29 is 14.0 Å². The molecule has 3 aliphatic rings. The number of aromatic nitrogens is 2. The van der Waals surface area contributed by atoms with Crippen LogP contribution < -0.4 is 20.4 Å². The predicted octanol–water partition coefficient (Wildman–Crippen LogP) is 3.42. The zero-order valence-corrected chi connectivity index (χ0v) is 21.7. The van der Waals surface area contributed by atoms with E-state index >= 15 is 0 Å². The highest BCUT2D eigenvalue weighted by molar-refractivity contribution is 6.33. The Hall–Kier alpha value is -2.98. The van der Waals surface area contributed by atoms with Crippen molar-refractivity contribution in [2.45, 2.75) is 45.2 Å². The van der Waals surface area contributed by atoms with Gasteiger partial charge in [-0.1, -0.05) is 11.6 Å². The van der Waals surface area contributed by atoms with Crippen molar-refractivity contribution in [3.05, 3.63) is 34.7 Å². The first-order chi connectivity index (χ1) is 17.1. The molecule has 1 unspecified atom stereocenters. The van der Waals surface area contributed by atoms with E-state index in [1.165, 1.54) is 12.1 Å². The third-order valence-corrected chi connectivity index (χ3v) is 7.68. The van der Waals surface area contributed by atoms with Gasteiger partial charge in [0.25, 0.3) is 5.91 Å². The molecule has 3 heterocycles. The number of likely N-dealkylation sites (tertiary alicyclic amines) is 1. The predicted molar refractivity (Wildman–Crippen MR) is 138 cm³/mol. The van der Waals surface area contributed by atoms with E-state index in [0.29, 0.717) is 18.1 Å². The van der Waals surface area contributed by atoms with Gasteiger partial charge in [-0.05, 0) is 58.8 Å². The van der Waals surface area contributed by atoms with Crippen LogP contribution in [0.1, 0.15) is 43.5 Å². The van der Waals surface area contributed by atoms with Crippen LogP contribution in [-0.2, 0) is 4.79 Å². The van der Waals surface area contributed by atoms with E-state index in [1.54, 1.807) is 18.1 Å². The molecule has 9 nitrogen and oxygen atoms in total. The third-order valence-electron chi connectivity index (χ3n) is 7.37. The van der Waals surface area contributed by atoms with Gasteiger partial charge in [-0.15, -0.1) is 0 Å². The van der Waals surface area contributed by atoms with Crippen molar-refractivity contribution >= 4 is 46.6 Å². The Morgan fingerprint density at radius 3 is 2.67 bits per heavy atom. The molecule has 1 aliphatic carbocycles. The van der Waals surface area contributed by atoms with E-state index in [4.69, 9.17) is 16.6 Å². The molecule has 1 spiro atoms. The topological polar surface area (TPSA) is 93.7 Å². The van der Waals surface area contributed by atoms with Gasteiger partial charge in [0.15, 0.2) is 5.82 Å². The Balaban J connectivity index is 1.40. The second kappa shape index (κ2) is 9.15. The number of nitrogens with one attached hydrogen (secondary N) is 2. The second-order valence-electron chi connectivity index (χ2n) is 10.4. The lowest BCUT2D eigenvalue weighted by molar-refractivity contribution is -0.122. The Labute approximate surface area is 215 Å². The molecule has 2 aromatic rings. The molecule has 1 saturated heterocycles. The minimum atomic E-state index is -0.690. The van der Waals surface area contributed by atoms with Crippen LogP contribution in [0.25, 0.3) is 0 Å². The number of likely N-dealkylation sites (N-methyl/N-ethyl adjacent to an activating group) is 1. The molecule has 1 atom stereocenters. The lowest BCUT2D eigenvalue weighted by atomic mass is 10.1. The minimum Gasteiger partial charge on any atom is -0.351 e. The van der Waals surface area contributed by atoms with E-state index in [2.05, 4.69) is 39.3 Å². The van der Waals surface area contributed by atoms with Gasteiger partial charge in [0.2, 0.25) is 11.9 Å². The van der Waals surface area contributed by atoms with E-state index in [9.17, 15) is 14.0 Å². The summed E-state index contributed by atoms with van der Waals surface area (Å²) in [5.74, 6) is -0.239. The smallest absolute Gasteiger partial charge is 0.254 e. The summed E-state index contributed by atoms with van der Waals surface area (Å²) >= 11 is 6.44. The van der Waals surface area contributed by atoms with Crippen molar-refractivity contribution in [3.63, 3.8) is 0 Å². The summed E-state index contributed by atoms with van der Waals surface area (Å²) in [5.41, 5.74) is 0.400. The summed E-state index contributed by atoms with van der Waals surface area (Å²) in [4.78, 5) is 40.6. The number of carbonyl (C=O) groups is 2. The van der Waals surface area contributed by atoms with Gasteiger partial charge >= 0.3 is 0 Å². The molecule has 0 bridgehead atoms. The molecule has 1 aromatic carbocycles. The van der Waals surface area contributed by atoms with E-state index < -0.39 is 11.7 Å². The van der Waals surface area contributed by atoms with E-state index in [0.717, 1.165) is 32.4 Å². The Bertz CT molecular complexity index is 1220. The number of anilines is 4. The highest BCUT2D eigenvalue weighted by Crippen LogP contribution is 2.52. The molecular weight excluding hydrogens is 485 g/mol. The molecule has 0 radical (unpaired) electrons. The lowest BCUT2D eigenvalue weighted by Gasteiger charge is -2.29. The van der Waals surface area contributed by atoms with Crippen LogP contribution in [0.2, 0.25) is 5.02 Å². The average Bonchev–Trinajstić information content (AvgIpc) is 3.53. The number of hydrogen-bond donors (Lipinski definition) is 2. The summed E-state index contributed by atoms with van der Waals surface area (Å²) in [7, 11) is 3.73. The number of benzene rings is 1. The maximum atomic E-state index is 15.0. The molecule has 2 amide bonds. The largest absolute Gasteiger partial charge is 0.351 e. The quantitative estimate of drug-likeness (QED) is 0.630. The molecule has 36 heavy (non-hydrogen) atoms. The van der Waals surface area contributed by atoms with Crippen molar-refractivity contribution in [3.8, 4) is 0 Å².